The van der Waals surface area contributed by atoms with Gasteiger partial charge in [-0.25, -0.2) is 19.9 Å². The molecule has 1 aliphatic heterocycles. The van der Waals surface area contributed by atoms with E-state index >= 15 is 0 Å². The fraction of sp³-hybridized carbons (Fsp3) is 0.360. The van der Waals surface area contributed by atoms with E-state index in [-0.39, 0.29) is 5.41 Å². The summed E-state index contributed by atoms with van der Waals surface area (Å²) < 4.78 is 6.08. The normalized spacial score (nSPS) is 14.2. The van der Waals surface area contributed by atoms with E-state index < -0.39 is 0 Å². The molecule has 5 rings (SSSR count). The molecule has 0 saturated heterocycles. The van der Waals surface area contributed by atoms with Gasteiger partial charge in [-0.1, -0.05) is 26.8 Å². The van der Waals surface area contributed by atoms with Crippen LogP contribution in [0, 0.1) is 13.8 Å². The molecule has 3 aromatic heterocycles. The third-order valence-electron chi connectivity index (χ3n) is 5.75. The lowest BCUT2D eigenvalue weighted by Crippen LogP contribution is -2.27. The first-order valence-corrected chi connectivity index (χ1v) is 11.0. The highest BCUT2D eigenvalue weighted by Crippen LogP contribution is 2.32. The molecule has 7 heteroatoms. The van der Waals surface area contributed by atoms with Gasteiger partial charge < -0.3 is 14.6 Å². The van der Waals surface area contributed by atoms with Crippen LogP contribution in [-0.2, 0) is 12.0 Å². The first-order valence-electron chi connectivity index (χ1n) is 11.0. The summed E-state index contributed by atoms with van der Waals surface area (Å²) in [6.45, 7) is 12.5. The van der Waals surface area contributed by atoms with Gasteiger partial charge in [0, 0.05) is 35.3 Å². The number of hydrogen-bond donors (Lipinski definition) is 1. The van der Waals surface area contributed by atoms with Crippen molar-refractivity contribution in [3.05, 3.63) is 59.4 Å². The molecule has 1 N–H and O–H groups in total. The smallest absolute Gasteiger partial charge is 0.177 e. The number of H-pyrrole nitrogens is 1. The predicted octanol–water partition coefficient (Wildman–Crippen LogP) is 4.73. The SMILES string of the molecule is Cc1nc(N2CCOc3ccc(-c4cnc5nc(C)[nH]c5c4)cc3C2)cc(C(C)(C)C)n1. The Morgan fingerprint density at radius 3 is 2.66 bits per heavy atom. The Hall–Kier alpha value is -3.48. The Labute approximate surface area is 187 Å². The van der Waals surface area contributed by atoms with Gasteiger partial charge in [-0.15, -0.1) is 0 Å². The van der Waals surface area contributed by atoms with Gasteiger partial charge in [-0.2, -0.15) is 0 Å². The number of aromatic nitrogens is 5. The number of nitrogens with zero attached hydrogens (tertiary/aromatic N) is 5. The lowest BCUT2D eigenvalue weighted by Gasteiger charge is -2.25. The lowest BCUT2D eigenvalue weighted by atomic mass is 9.92. The van der Waals surface area contributed by atoms with E-state index in [4.69, 9.17) is 9.72 Å². The van der Waals surface area contributed by atoms with Crippen LogP contribution in [0.3, 0.4) is 0 Å². The van der Waals surface area contributed by atoms with Gasteiger partial charge in [0.1, 0.15) is 29.8 Å². The third-order valence-corrected chi connectivity index (χ3v) is 5.75. The molecular formula is C25H28N6O. The summed E-state index contributed by atoms with van der Waals surface area (Å²) in [5, 5.41) is 0. The standard InChI is InChI=1S/C25H28N6O/c1-15-27-20-11-18(13-26-24(20)30-15)17-6-7-21-19(10-17)14-31(8-9-32-21)23-12-22(25(3,4)5)28-16(2)29-23/h6-7,10-13H,8-9,14H2,1-5H3,(H,26,27,30). The van der Waals surface area contributed by atoms with E-state index in [0.29, 0.717) is 6.61 Å². The zero-order chi connectivity index (χ0) is 22.5. The maximum atomic E-state index is 6.08. The second-order valence-electron chi connectivity index (χ2n) is 9.42. The molecule has 32 heavy (non-hydrogen) atoms. The highest BCUT2D eigenvalue weighted by Gasteiger charge is 2.22. The minimum atomic E-state index is -0.0352. The van der Waals surface area contributed by atoms with Gasteiger partial charge in [0.2, 0.25) is 0 Å². The van der Waals surface area contributed by atoms with Crippen molar-refractivity contribution in [3.63, 3.8) is 0 Å². The molecule has 0 aliphatic carbocycles. The zero-order valence-corrected chi connectivity index (χ0v) is 19.2. The van der Waals surface area contributed by atoms with Crippen molar-refractivity contribution in [2.75, 3.05) is 18.1 Å². The fourth-order valence-electron chi connectivity index (χ4n) is 4.05. The number of benzene rings is 1. The molecule has 0 unspecified atom stereocenters. The summed E-state index contributed by atoms with van der Waals surface area (Å²) in [4.78, 5) is 23.9. The number of pyridine rings is 1. The summed E-state index contributed by atoms with van der Waals surface area (Å²) in [6.07, 6.45) is 1.88. The fourth-order valence-corrected chi connectivity index (χ4v) is 4.05. The van der Waals surface area contributed by atoms with E-state index in [0.717, 1.165) is 69.9 Å². The predicted molar refractivity (Wildman–Crippen MR) is 126 cm³/mol. The summed E-state index contributed by atoms with van der Waals surface area (Å²) in [7, 11) is 0. The average molecular weight is 429 g/mol. The summed E-state index contributed by atoms with van der Waals surface area (Å²) in [5.74, 6) is 3.52. The van der Waals surface area contributed by atoms with Crippen LogP contribution < -0.4 is 9.64 Å². The number of aromatic amines is 1. The van der Waals surface area contributed by atoms with Crippen molar-refractivity contribution in [1.82, 2.24) is 24.9 Å². The number of hydrogen-bond acceptors (Lipinski definition) is 6. The number of imidazole rings is 1. The molecule has 164 valence electrons. The van der Waals surface area contributed by atoms with Crippen LogP contribution >= 0.6 is 0 Å². The Balaban J connectivity index is 1.50. The lowest BCUT2D eigenvalue weighted by molar-refractivity contribution is 0.331. The number of ether oxygens (including phenoxy) is 1. The Morgan fingerprint density at radius 1 is 1.00 bits per heavy atom. The number of aryl methyl sites for hydroxylation is 2. The van der Waals surface area contributed by atoms with Crippen LogP contribution in [0.1, 0.15) is 43.7 Å². The molecule has 7 nitrogen and oxygen atoms in total. The van der Waals surface area contributed by atoms with Crippen LogP contribution in [0.2, 0.25) is 0 Å². The summed E-state index contributed by atoms with van der Waals surface area (Å²) in [6, 6.07) is 10.6. The largest absolute Gasteiger partial charge is 0.491 e. The number of fused-ring (bicyclic) bond motifs is 2. The Bertz CT molecular complexity index is 1300. The summed E-state index contributed by atoms with van der Waals surface area (Å²) in [5.41, 5.74) is 5.98. The van der Waals surface area contributed by atoms with Gasteiger partial charge in [0.25, 0.3) is 0 Å². The molecule has 0 amide bonds. The van der Waals surface area contributed by atoms with Crippen molar-refractivity contribution in [1.29, 1.82) is 0 Å². The molecule has 0 bridgehead atoms. The van der Waals surface area contributed by atoms with Crippen molar-refractivity contribution in [2.24, 2.45) is 0 Å². The molecule has 0 spiro atoms. The van der Waals surface area contributed by atoms with Crippen molar-refractivity contribution in [3.8, 4) is 16.9 Å². The third kappa shape index (κ3) is 3.90. The number of nitrogens with one attached hydrogen (secondary N) is 1. The van der Waals surface area contributed by atoms with E-state index in [1.807, 2.05) is 20.0 Å². The molecule has 0 fully saturated rings. The summed E-state index contributed by atoms with van der Waals surface area (Å²) >= 11 is 0. The minimum absolute atomic E-state index is 0.0352. The first kappa shape index (κ1) is 20.4. The van der Waals surface area contributed by atoms with Crippen LogP contribution in [0.4, 0.5) is 5.82 Å². The second-order valence-corrected chi connectivity index (χ2v) is 9.42. The van der Waals surface area contributed by atoms with E-state index in [1.165, 1.54) is 0 Å². The molecule has 1 aromatic carbocycles. The van der Waals surface area contributed by atoms with E-state index in [9.17, 15) is 0 Å². The monoisotopic (exact) mass is 428 g/mol. The van der Waals surface area contributed by atoms with Crippen LogP contribution in [0.25, 0.3) is 22.3 Å². The molecule has 4 aromatic rings. The van der Waals surface area contributed by atoms with Gasteiger partial charge in [-0.3, -0.25) is 0 Å². The molecule has 1 aliphatic rings. The van der Waals surface area contributed by atoms with Crippen LogP contribution in [0.15, 0.2) is 36.5 Å². The second kappa shape index (κ2) is 7.58. The van der Waals surface area contributed by atoms with Crippen molar-refractivity contribution < 1.29 is 4.74 Å². The highest BCUT2D eigenvalue weighted by atomic mass is 16.5. The van der Waals surface area contributed by atoms with Crippen molar-refractivity contribution in [2.45, 2.75) is 46.6 Å². The van der Waals surface area contributed by atoms with Gasteiger partial charge in [0.05, 0.1) is 17.8 Å². The van der Waals surface area contributed by atoms with E-state index in [1.54, 1.807) is 0 Å². The van der Waals surface area contributed by atoms with Gasteiger partial charge >= 0.3 is 0 Å². The quantitative estimate of drug-likeness (QED) is 0.497. The topological polar surface area (TPSA) is 79.8 Å². The van der Waals surface area contributed by atoms with Crippen LogP contribution in [-0.4, -0.2) is 38.1 Å². The molecule has 0 radical (unpaired) electrons. The first-order chi connectivity index (χ1) is 15.3. The maximum Gasteiger partial charge on any atom is 0.177 e. The molecule has 4 heterocycles. The minimum Gasteiger partial charge on any atom is -0.491 e. The Kier molecular flexibility index (Phi) is 4.84. The van der Waals surface area contributed by atoms with Crippen LogP contribution in [0.5, 0.6) is 5.75 Å². The van der Waals surface area contributed by atoms with Gasteiger partial charge in [0.15, 0.2) is 5.65 Å². The van der Waals surface area contributed by atoms with Crippen molar-refractivity contribution >= 4 is 17.0 Å². The maximum absolute atomic E-state index is 6.08. The highest BCUT2D eigenvalue weighted by molar-refractivity contribution is 5.78. The van der Waals surface area contributed by atoms with E-state index in [2.05, 4.69) is 75.9 Å². The molecule has 0 saturated carbocycles. The van der Waals surface area contributed by atoms with Gasteiger partial charge in [-0.05, 0) is 37.6 Å². The Morgan fingerprint density at radius 2 is 1.84 bits per heavy atom. The molecular weight excluding hydrogens is 400 g/mol. The number of anilines is 1. The number of rotatable bonds is 2. The zero-order valence-electron chi connectivity index (χ0n) is 19.2. The molecule has 0 atom stereocenters. The average Bonchev–Trinajstić information content (AvgIpc) is 2.98.